The number of anilines is 5. The summed E-state index contributed by atoms with van der Waals surface area (Å²) >= 11 is 0. The Labute approximate surface area is 255 Å². The monoisotopic (exact) mass is 624 g/mol. The normalized spacial score (nSPS) is 13.2. The molecule has 3 aromatic carbocycles. The summed E-state index contributed by atoms with van der Waals surface area (Å²) < 4.78 is 59.0. The minimum absolute atomic E-state index is 0.00207. The lowest BCUT2D eigenvalue weighted by atomic mass is 10.1. The molecule has 1 aromatic heterocycles. The fourth-order valence-corrected chi connectivity index (χ4v) is 4.76. The summed E-state index contributed by atoms with van der Waals surface area (Å²) in [7, 11) is 1.36. The Morgan fingerprint density at radius 3 is 2.36 bits per heavy atom. The summed E-state index contributed by atoms with van der Waals surface area (Å²) in [6.45, 7) is 5.75. The molecule has 0 radical (unpaired) electrons. The summed E-state index contributed by atoms with van der Waals surface area (Å²) in [5, 5.41) is 10.2. The number of nitrogens with two attached hydrogens (primary N) is 1. The Balaban J connectivity index is 1.28. The molecule has 0 aliphatic carbocycles. The van der Waals surface area contributed by atoms with Gasteiger partial charge < -0.3 is 30.9 Å². The van der Waals surface area contributed by atoms with Crippen molar-refractivity contribution < 1.29 is 37.2 Å². The van der Waals surface area contributed by atoms with Gasteiger partial charge in [-0.1, -0.05) is 12.1 Å². The first-order chi connectivity index (χ1) is 21.5. The van der Waals surface area contributed by atoms with Gasteiger partial charge in [0.05, 0.1) is 44.5 Å². The Bertz CT molecular complexity index is 1710. The highest BCUT2D eigenvalue weighted by Gasteiger charge is 2.35. The average Bonchev–Trinajstić information content (AvgIpc) is 3.03. The van der Waals surface area contributed by atoms with Crippen LogP contribution < -0.4 is 30.9 Å². The second kappa shape index (κ2) is 13.2. The Hall–Kier alpha value is -5.24. The van der Waals surface area contributed by atoms with Crippen LogP contribution in [-0.4, -0.2) is 55.1 Å². The molecule has 1 aliphatic rings. The fraction of sp³-hybridized carbons (Fsp3) is 0.226. The molecule has 234 valence electrons. The van der Waals surface area contributed by atoms with Crippen LogP contribution in [0.3, 0.4) is 0 Å². The number of amides is 2. The van der Waals surface area contributed by atoms with Gasteiger partial charge in [-0.25, -0.2) is 9.37 Å². The number of aryl methyl sites for hydroxylation is 1. The number of hydrogen-bond donors (Lipinski definition) is 4. The molecule has 2 heterocycles. The SMILES string of the molecule is COc1nc(Nc2ccc(N3CC[NH2+]CC3)cc2)ncc1C(=O)Nc1cc(C(=O)Nc2cccc(C(F)(F)F)c2F)ccc1C. The third-order valence-corrected chi connectivity index (χ3v) is 7.19. The van der Waals surface area contributed by atoms with Gasteiger partial charge in [-0.2, -0.15) is 18.2 Å². The van der Waals surface area contributed by atoms with Crippen LogP contribution >= 0.6 is 0 Å². The van der Waals surface area contributed by atoms with Crippen LogP contribution in [0.1, 0.15) is 31.8 Å². The second-order valence-electron chi connectivity index (χ2n) is 10.2. The van der Waals surface area contributed by atoms with Crippen molar-refractivity contribution in [3.63, 3.8) is 0 Å². The van der Waals surface area contributed by atoms with E-state index in [1.807, 2.05) is 24.3 Å². The third-order valence-electron chi connectivity index (χ3n) is 7.19. The van der Waals surface area contributed by atoms with E-state index < -0.39 is 35.1 Å². The number of carbonyl (C=O) groups excluding carboxylic acids is 2. The van der Waals surface area contributed by atoms with E-state index in [2.05, 4.69) is 36.1 Å². The zero-order valence-electron chi connectivity index (χ0n) is 24.3. The van der Waals surface area contributed by atoms with Gasteiger partial charge in [0.25, 0.3) is 11.8 Å². The minimum atomic E-state index is -4.93. The van der Waals surface area contributed by atoms with Crippen molar-refractivity contribution in [2.24, 2.45) is 0 Å². The molecule has 0 unspecified atom stereocenters. The van der Waals surface area contributed by atoms with E-state index in [9.17, 15) is 27.2 Å². The van der Waals surface area contributed by atoms with Crippen molar-refractivity contribution in [1.29, 1.82) is 0 Å². The molecule has 0 spiro atoms. The molecule has 5 N–H and O–H groups in total. The molecule has 1 saturated heterocycles. The number of benzene rings is 3. The van der Waals surface area contributed by atoms with Gasteiger partial charge >= 0.3 is 6.18 Å². The minimum Gasteiger partial charge on any atom is -0.480 e. The molecule has 45 heavy (non-hydrogen) atoms. The van der Waals surface area contributed by atoms with Gasteiger partial charge in [-0.3, -0.25) is 9.59 Å². The highest BCUT2D eigenvalue weighted by atomic mass is 19.4. The van der Waals surface area contributed by atoms with Crippen LogP contribution in [0, 0.1) is 12.7 Å². The molecule has 10 nitrogen and oxygen atoms in total. The van der Waals surface area contributed by atoms with Crippen molar-refractivity contribution in [2.75, 3.05) is 54.1 Å². The summed E-state index contributed by atoms with van der Waals surface area (Å²) in [4.78, 5) is 36.9. The molecule has 4 aromatic rings. The van der Waals surface area contributed by atoms with Crippen molar-refractivity contribution in [3.8, 4) is 5.88 Å². The Morgan fingerprint density at radius 1 is 0.956 bits per heavy atom. The maximum atomic E-state index is 14.4. The molecule has 0 saturated carbocycles. The smallest absolute Gasteiger partial charge is 0.419 e. The zero-order valence-corrected chi connectivity index (χ0v) is 24.3. The fourth-order valence-electron chi connectivity index (χ4n) is 4.76. The number of piperazine rings is 1. The zero-order chi connectivity index (χ0) is 32.1. The van der Waals surface area contributed by atoms with Gasteiger partial charge in [-0.15, -0.1) is 0 Å². The topological polar surface area (TPSA) is 125 Å². The summed E-state index contributed by atoms with van der Waals surface area (Å²) in [6, 6.07) is 14.7. The molecule has 5 rings (SSSR count). The standard InChI is InChI=1S/C31H29F4N7O3/c1-18-6-7-19(27(43)39-24-5-3-4-23(26(24)32)31(33,34)35)16-25(18)40-28(44)22-17-37-30(41-29(22)45-2)38-20-8-10-21(11-9-20)42-14-12-36-13-15-42/h3-11,16-17,36H,12-15H2,1-2H3,(H,39,43)(H,40,44)(H,37,38,41)/p+1. The van der Waals surface area contributed by atoms with Crippen LogP contribution in [0.2, 0.25) is 0 Å². The Morgan fingerprint density at radius 2 is 1.67 bits per heavy atom. The predicted molar refractivity (Wildman–Crippen MR) is 161 cm³/mol. The van der Waals surface area contributed by atoms with Gasteiger partial charge in [0.2, 0.25) is 11.8 Å². The third kappa shape index (κ3) is 7.29. The molecular formula is C31H30F4N7O3+. The number of methoxy groups -OCH3 is 1. The van der Waals surface area contributed by atoms with Crippen LogP contribution in [0.4, 0.5) is 46.3 Å². The Kier molecular flexibility index (Phi) is 9.13. The molecule has 0 atom stereocenters. The lowest BCUT2D eigenvalue weighted by Crippen LogP contribution is -2.89. The van der Waals surface area contributed by atoms with Gasteiger partial charge in [0, 0.05) is 28.8 Å². The number of quaternary nitrogens is 1. The molecule has 1 fully saturated rings. The first-order valence-corrected chi connectivity index (χ1v) is 14.0. The lowest BCUT2D eigenvalue weighted by Gasteiger charge is -2.27. The first kappa shape index (κ1) is 31.2. The second-order valence-corrected chi connectivity index (χ2v) is 10.2. The number of ether oxygens (including phenoxy) is 1. The van der Waals surface area contributed by atoms with E-state index in [1.165, 1.54) is 31.5 Å². The highest BCUT2D eigenvalue weighted by Crippen LogP contribution is 2.34. The summed E-state index contributed by atoms with van der Waals surface area (Å²) in [5.41, 5.74) is 0.534. The van der Waals surface area contributed by atoms with Gasteiger partial charge in [0.1, 0.15) is 5.56 Å². The van der Waals surface area contributed by atoms with Crippen LogP contribution in [0.5, 0.6) is 5.88 Å². The maximum Gasteiger partial charge on any atom is 0.419 e. The van der Waals surface area contributed by atoms with Crippen molar-refractivity contribution >= 4 is 40.5 Å². The summed E-state index contributed by atoms with van der Waals surface area (Å²) in [5.74, 6) is -2.90. The van der Waals surface area contributed by atoms with E-state index >= 15 is 0 Å². The number of rotatable bonds is 8. The number of alkyl halides is 3. The first-order valence-electron chi connectivity index (χ1n) is 14.0. The molecule has 1 aliphatic heterocycles. The number of halogens is 4. The van der Waals surface area contributed by atoms with Crippen molar-refractivity contribution in [2.45, 2.75) is 13.1 Å². The molecule has 2 amide bonds. The average molecular weight is 625 g/mol. The number of nitrogens with one attached hydrogen (secondary N) is 3. The number of nitrogens with zero attached hydrogens (tertiary/aromatic N) is 3. The molecule has 14 heteroatoms. The van der Waals surface area contributed by atoms with Crippen LogP contribution in [-0.2, 0) is 6.18 Å². The van der Waals surface area contributed by atoms with E-state index in [0.717, 1.165) is 49.7 Å². The van der Waals surface area contributed by atoms with Crippen molar-refractivity contribution in [3.05, 3.63) is 94.9 Å². The lowest BCUT2D eigenvalue weighted by molar-refractivity contribution is -0.655. The van der Waals surface area contributed by atoms with E-state index in [4.69, 9.17) is 4.74 Å². The highest BCUT2D eigenvalue weighted by molar-refractivity contribution is 6.08. The van der Waals surface area contributed by atoms with Crippen LogP contribution in [0.15, 0.2) is 66.9 Å². The molecule has 0 bridgehead atoms. The van der Waals surface area contributed by atoms with E-state index in [-0.39, 0.29) is 28.6 Å². The predicted octanol–water partition coefficient (Wildman–Crippen LogP) is 4.58. The summed E-state index contributed by atoms with van der Waals surface area (Å²) in [6.07, 6.45) is -3.63. The van der Waals surface area contributed by atoms with Crippen molar-refractivity contribution in [1.82, 2.24) is 9.97 Å². The van der Waals surface area contributed by atoms with Gasteiger partial charge in [0.15, 0.2) is 5.82 Å². The maximum absolute atomic E-state index is 14.4. The quantitative estimate of drug-likeness (QED) is 0.212. The number of aromatic nitrogens is 2. The van der Waals surface area contributed by atoms with E-state index in [1.54, 1.807) is 6.92 Å². The van der Waals surface area contributed by atoms with Gasteiger partial charge in [-0.05, 0) is 61.0 Å². The number of hydrogen-bond acceptors (Lipinski definition) is 7. The molecular weight excluding hydrogens is 594 g/mol. The van der Waals surface area contributed by atoms with Crippen LogP contribution in [0.25, 0.3) is 0 Å². The largest absolute Gasteiger partial charge is 0.480 e. The number of carbonyl (C=O) groups is 2. The van der Waals surface area contributed by atoms with E-state index in [0.29, 0.717) is 11.6 Å².